The third kappa shape index (κ3) is 2.47. The van der Waals surface area contributed by atoms with Gasteiger partial charge in [0, 0.05) is 8.96 Å². The molecule has 0 aliphatic carbocycles. The molecule has 96 valence electrons. The lowest BCUT2D eigenvalue weighted by molar-refractivity contribution is 0.506. The van der Waals surface area contributed by atoms with E-state index in [9.17, 15) is 8.78 Å². The predicted molar refractivity (Wildman–Crippen MR) is 77.9 cm³/mol. The summed E-state index contributed by atoms with van der Waals surface area (Å²) in [5, 5.41) is 5.31. The van der Waals surface area contributed by atoms with Gasteiger partial charge in [-0.1, -0.05) is 12.1 Å². The summed E-state index contributed by atoms with van der Waals surface area (Å²) in [6, 6.07) is 9.93. The van der Waals surface area contributed by atoms with Crippen LogP contribution in [0.3, 0.4) is 0 Å². The second-order valence-corrected chi connectivity index (χ2v) is 5.50. The zero-order valence-electron chi connectivity index (χ0n) is 9.78. The molecule has 0 spiro atoms. The summed E-state index contributed by atoms with van der Waals surface area (Å²) < 4.78 is 29.0. The molecule has 0 aliphatic rings. The SMILES string of the molecule is Fc1ccc(Cn2ncc3ccc(I)cc32)cc1F. The van der Waals surface area contributed by atoms with Crippen molar-refractivity contribution < 1.29 is 8.78 Å². The lowest BCUT2D eigenvalue weighted by atomic mass is 10.2. The van der Waals surface area contributed by atoms with E-state index in [2.05, 4.69) is 27.7 Å². The summed E-state index contributed by atoms with van der Waals surface area (Å²) >= 11 is 2.23. The molecule has 0 N–H and O–H groups in total. The van der Waals surface area contributed by atoms with E-state index in [1.54, 1.807) is 16.9 Å². The Kier molecular flexibility index (Phi) is 3.22. The van der Waals surface area contributed by atoms with E-state index >= 15 is 0 Å². The number of hydrogen-bond donors (Lipinski definition) is 0. The second kappa shape index (κ2) is 4.88. The average molecular weight is 370 g/mol. The Balaban J connectivity index is 2.00. The van der Waals surface area contributed by atoms with Crippen LogP contribution in [0.1, 0.15) is 5.56 Å². The van der Waals surface area contributed by atoms with Gasteiger partial charge in [0.15, 0.2) is 11.6 Å². The van der Waals surface area contributed by atoms with Crippen LogP contribution in [-0.4, -0.2) is 9.78 Å². The van der Waals surface area contributed by atoms with Gasteiger partial charge in [-0.05, 0) is 52.4 Å². The molecule has 0 fully saturated rings. The van der Waals surface area contributed by atoms with Gasteiger partial charge in [0.2, 0.25) is 0 Å². The lowest BCUT2D eigenvalue weighted by Crippen LogP contribution is -2.02. The highest BCUT2D eigenvalue weighted by molar-refractivity contribution is 14.1. The van der Waals surface area contributed by atoms with Gasteiger partial charge in [0.25, 0.3) is 0 Å². The molecular formula is C14H9F2IN2. The second-order valence-electron chi connectivity index (χ2n) is 4.25. The van der Waals surface area contributed by atoms with Crippen molar-refractivity contribution in [3.05, 3.63) is 63.4 Å². The highest BCUT2D eigenvalue weighted by Crippen LogP contribution is 2.18. The Morgan fingerprint density at radius 1 is 1.05 bits per heavy atom. The van der Waals surface area contributed by atoms with Crippen LogP contribution in [0.4, 0.5) is 8.78 Å². The molecule has 5 heteroatoms. The Hall–Kier alpha value is -1.50. The van der Waals surface area contributed by atoms with Crippen molar-refractivity contribution in [1.29, 1.82) is 0 Å². The molecule has 2 aromatic carbocycles. The van der Waals surface area contributed by atoms with E-state index in [1.165, 1.54) is 6.07 Å². The van der Waals surface area contributed by atoms with Crippen molar-refractivity contribution >= 4 is 33.5 Å². The first-order chi connectivity index (χ1) is 9.13. The highest BCUT2D eigenvalue weighted by Gasteiger charge is 2.06. The van der Waals surface area contributed by atoms with Gasteiger partial charge in [-0.15, -0.1) is 0 Å². The number of halogens is 3. The van der Waals surface area contributed by atoms with Gasteiger partial charge < -0.3 is 0 Å². The Morgan fingerprint density at radius 2 is 1.89 bits per heavy atom. The predicted octanol–water partition coefficient (Wildman–Crippen LogP) is 3.97. The van der Waals surface area contributed by atoms with Crippen LogP contribution in [0, 0.1) is 15.2 Å². The first-order valence-corrected chi connectivity index (χ1v) is 6.76. The third-order valence-electron chi connectivity index (χ3n) is 2.92. The topological polar surface area (TPSA) is 17.8 Å². The van der Waals surface area contributed by atoms with Crippen LogP contribution < -0.4 is 0 Å². The minimum absolute atomic E-state index is 0.417. The maximum atomic E-state index is 13.2. The maximum absolute atomic E-state index is 13.2. The standard InChI is InChI=1S/C14H9F2IN2/c15-12-4-1-9(5-13(12)16)8-19-14-6-11(17)3-2-10(14)7-18-19/h1-7H,8H2. The lowest BCUT2D eigenvalue weighted by Gasteiger charge is -2.05. The number of rotatable bonds is 2. The minimum atomic E-state index is -0.830. The van der Waals surface area contributed by atoms with Crippen molar-refractivity contribution in [3.8, 4) is 0 Å². The zero-order chi connectivity index (χ0) is 13.4. The van der Waals surface area contributed by atoms with Crippen LogP contribution in [0.25, 0.3) is 10.9 Å². The Bertz CT molecular complexity index is 752. The third-order valence-corrected chi connectivity index (χ3v) is 3.59. The van der Waals surface area contributed by atoms with E-state index < -0.39 is 11.6 Å². The quantitative estimate of drug-likeness (QED) is 0.625. The fourth-order valence-corrected chi connectivity index (χ4v) is 2.46. The van der Waals surface area contributed by atoms with Crippen molar-refractivity contribution in [2.45, 2.75) is 6.54 Å². The molecule has 2 nitrogen and oxygen atoms in total. The minimum Gasteiger partial charge on any atom is -0.260 e. The van der Waals surface area contributed by atoms with E-state index in [0.717, 1.165) is 20.5 Å². The van der Waals surface area contributed by atoms with E-state index in [0.29, 0.717) is 12.1 Å². The van der Waals surface area contributed by atoms with Crippen molar-refractivity contribution in [3.63, 3.8) is 0 Å². The largest absolute Gasteiger partial charge is 0.260 e. The van der Waals surface area contributed by atoms with Gasteiger partial charge in [-0.3, -0.25) is 4.68 Å². The maximum Gasteiger partial charge on any atom is 0.159 e. The number of hydrogen-bond acceptors (Lipinski definition) is 1. The fourth-order valence-electron chi connectivity index (χ4n) is 1.98. The summed E-state index contributed by atoms with van der Waals surface area (Å²) in [5.41, 5.74) is 1.67. The molecule has 0 amide bonds. The molecule has 3 aromatic rings. The van der Waals surface area contributed by atoms with Crippen LogP contribution in [0.2, 0.25) is 0 Å². The first kappa shape index (κ1) is 12.5. The van der Waals surface area contributed by atoms with Gasteiger partial charge in [-0.2, -0.15) is 5.10 Å². The van der Waals surface area contributed by atoms with Crippen LogP contribution in [0.15, 0.2) is 42.6 Å². The normalized spacial score (nSPS) is 11.1. The van der Waals surface area contributed by atoms with Gasteiger partial charge in [0.1, 0.15) is 0 Å². The van der Waals surface area contributed by atoms with E-state index in [1.807, 2.05) is 18.2 Å². The molecular weight excluding hydrogens is 361 g/mol. The average Bonchev–Trinajstić information content (AvgIpc) is 2.77. The number of fused-ring (bicyclic) bond motifs is 1. The fraction of sp³-hybridized carbons (Fsp3) is 0.0714. The molecule has 1 heterocycles. The molecule has 0 unspecified atom stereocenters. The summed E-state index contributed by atoms with van der Waals surface area (Å²) in [6.45, 7) is 0.417. The number of aromatic nitrogens is 2. The van der Waals surface area contributed by atoms with Gasteiger partial charge in [0.05, 0.1) is 18.3 Å². The zero-order valence-corrected chi connectivity index (χ0v) is 11.9. The molecule has 0 radical (unpaired) electrons. The molecule has 0 atom stereocenters. The monoisotopic (exact) mass is 370 g/mol. The first-order valence-electron chi connectivity index (χ1n) is 5.68. The van der Waals surface area contributed by atoms with Crippen molar-refractivity contribution in [2.24, 2.45) is 0 Å². The molecule has 1 aromatic heterocycles. The van der Waals surface area contributed by atoms with Crippen LogP contribution in [-0.2, 0) is 6.54 Å². The van der Waals surface area contributed by atoms with Gasteiger partial charge in [-0.25, -0.2) is 8.78 Å². The molecule has 0 aliphatic heterocycles. The van der Waals surface area contributed by atoms with E-state index in [4.69, 9.17) is 0 Å². The Morgan fingerprint density at radius 3 is 2.68 bits per heavy atom. The number of benzene rings is 2. The van der Waals surface area contributed by atoms with E-state index in [-0.39, 0.29) is 0 Å². The van der Waals surface area contributed by atoms with Crippen LogP contribution in [0.5, 0.6) is 0 Å². The summed E-state index contributed by atoms with van der Waals surface area (Å²) in [4.78, 5) is 0. The Labute approximate surface area is 122 Å². The van der Waals surface area contributed by atoms with Crippen LogP contribution >= 0.6 is 22.6 Å². The highest BCUT2D eigenvalue weighted by atomic mass is 127. The van der Waals surface area contributed by atoms with Crippen molar-refractivity contribution in [1.82, 2.24) is 9.78 Å². The molecule has 19 heavy (non-hydrogen) atoms. The molecule has 0 saturated carbocycles. The van der Waals surface area contributed by atoms with Gasteiger partial charge >= 0.3 is 0 Å². The summed E-state index contributed by atoms with van der Waals surface area (Å²) in [6.07, 6.45) is 1.77. The molecule has 3 rings (SSSR count). The smallest absolute Gasteiger partial charge is 0.159 e. The molecule has 0 saturated heterocycles. The number of nitrogens with zero attached hydrogens (tertiary/aromatic N) is 2. The summed E-state index contributed by atoms with van der Waals surface area (Å²) in [7, 11) is 0. The molecule has 0 bridgehead atoms. The van der Waals surface area contributed by atoms with Crippen molar-refractivity contribution in [2.75, 3.05) is 0 Å². The summed E-state index contributed by atoms with van der Waals surface area (Å²) in [5.74, 6) is -1.66.